The summed E-state index contributed by atoms with van der Waals surface area (Å²) in [5, 5.41) is 0. The van der Waals surface area contributed by atoms with Crippen LogP contribution >= 0.6 is 21.6 Å². The van der Waals surface area contributed by atoms with Crippen molar-refractivity contribution in [2.75, 3.05) is 19.0 Å². The summed E-state index contributed by atoms with van der Waals surface area (Å²) in [5.41, 5.74) is 0. The summed E-state index contributed by atoms with van der Waals surface area (Å²) in [5.74, 6) is 1.13. The first kappa shape index (κ1) is 7.76. The molecular formula is C6H12OS2. The van der Waals surface area contributed by atoms with Crippen LogP contribution in [0.25, 0.3) is 0 Å². The SMILES string of the molecule is CC1(C)COCCSS1. The maximum atomic E-state index is 5.37. The van der Waals surface area contributed by atoms with Crippen LogP contribution in [0.1, 0.15) is 13.8 Å². The molecule has 9 heavy (non-hydrogen) atoms. The van der Waals surface area contributed by atoms with Gasteiger partial charge in [-0.15, -0.1) is 0 Å². The highest BCUT2D eigenvalue weighted by Gasteiger charge is 2.21. The molecule has 1 heterocycles. The third-order valence-corrected chi connectivity index (χ3v) is 4.27. The van der Waals surface area contributed by atoms with Gasteiger partial charge >= 0.3 is 0 Å². The van der Waals surface area contributed by atoms with Gasteiger partial charge in [-0.3, -0.25) is 0 Å². The van der Waals surface area contributed by atoms with Crippen LogP contribution in [-0.4, -0.2) is 23.7 Å². The van der Waals surface area contributed by atoms with Crippen molar-refractivity contribution < 1.29 is 4.74 Å². The lowest BCUT2D eigenvalue weighted by Crippen LogP contribution is -2.19. The molecule has 3 heteroatoms. The summed E-state index contributed by atoms with van der Waals surface area (Å²) >= 11 is 0. The molecule has 1 aliphatic heterocycles. The topological polar surface area (TPSA) is 9.23 Å². The first-order chi connectivity index (χ1) is 4.21. The van der Waals surface area contributed by atoms with Crippen molar-refractivity contribution in [3.05, 3.63) is 0 Å². The van der Waals surface area contributed by atoms with E-state index in [1.165, 1.54) is 0 Å². The molecule has 0 aromatic rings. The van der Waals surface area contributed by atoms with Crippen LogP contribution in [0.5, 0.6) is 0 Å². The molecule has 0 spiro atoms. The molecule has 0 saturated carbocycles. The molecule has 0 amide bonds. The Morgan fingerprint density at radius 3 is 3.00 bits per heavy atom. The van der Waals surface area contributed by atoms with Crippen LogP contribution in [-0.2, 0) is 4.74 Å². The minimum Gasteiger partial charge on any atom is -0.379 e. The van der Waals surface area contributed by atoms with Gasteiger partial charge in [0.1, 0.15) is 0 Å². The van der Waals surface area contributed by atoms with Crippen LogP contribution in [0.3, 0.4) is 0 Å². The van der Waals surface area contributed by atoms with E-state index in [-0.39, 0.29) is 0 Å². The Morgan fingerprint density at radius 1 is 1.44 bits per heavy atom. The highest BCUT2D eigenvalue weighted by Crippen LogP contribution is 2.37. The van der Waals surface area contributed by atoms with Gasteiger partial charge in [0.2, 0.25) is 0 Å². The summed E-state index contributed by atoms with van der Waals surface area (Å²) in [6, 6.07) is 0. The predicted octanol–water partition coefficient (Wildman–Crippen LogP) is 2.18. The van der Waals surface area contributed by atoms with E-state index in [1.807, 2.05) is 21.6 Å². The van der Waals surface area contributed by atoms with E-state index in [0.29, 0.717) is 4.75 Å². The molecule has 0 aromatic heterocycles. The number of hydrogen-bond donors (Lipinski definition) is 0. The Morgan fingerprint density at radius 2 is 2.22 bits per heavy atom. The van der Waals surface area contributed by atoms with E-state index in [0.717, 1.165) is 19.0 Å². The smallest absolute Gasteiger partial charge is 0.0616 e. The molecular weight excluding hydrogens is 152 g/mol. The zero-order chi connectivity index (χ0) is 6.74. The van der Waals surface area contributed by atoms with E-state index < -0.39 is 0 Å². The summed E-state index contributed by atoms with van der Waals surface area (Å²) < 4.78 is 5.69. The van der Waals surface area contributed by atoms with Gasteiger partial charge in [0, 0.05) is 10.5 Å². The second kappa shape index (κ2) is 3.17. The Kier molecular flexibility index (Phi) is 2.73. The molecule has 0 aliphatic carbocycles. The van der Waals surface area contributed by atoms with Crippen molar-refractivity contribution in [2.24, 2.45) is 0 Å². The predicted molar refractivity (Wildman–Crippen MR) is 44.9 cm³/mol. The van der Waals surface area contributed by atoms with Crippen LogP contribution in [0.15, 0.2) is 0 Å². The normalized spacial score (nSPS) is 27.3. The van der Waals surface area contributed by atoms with Gasteiger partial charge in [0.05, 0.1) is 13.2 Å². The molecule has 1 nitrogen and oxygen atoms in total. The maximum absolute atomic E-state index is 5.37. The Labute approximate surface area is 64.3 Å². The van der Waals surface area contributed by atoms with Crippen LogP contribution in [0, 0.1) is 0 Å². The van der Waals surface area contributed by atoms with Crippen molar-refractivity contribution >= 4 is 21.6 Å². The van der Waals surface area contributed by atoms with Crippen molar-refractivity contribution in [1.29, 1.82) is 0 Å². The molecule has 1 aliphatic rings. The second-order valence-electron chi connectivity index (χ2n) is 2.72. The highest BCUT2D eigenvalue weighted by atomic mass is 33.1. The third-order valence-electron chi connectivity index (χ3n) is 1.05. The summed E-state index contributed by atoms with van der Waals surface area (Å²) in [4.78, 5) is 0. The monoisotopic (exact) mass is 164 g/mol. The molecule has 1 saturated heterocycles. The van der Waals surface area contributed by atoms with Gasteiger partial charge in [0.15, 0.2) is 0 Å². The fourth-order valence-electron chi connectivity index (χ4n) is 0.636. The van der Waals surface area contributed by atoms with Gasteiger partial charge in [-0.2, -0.15) is 0 Å². The summed E-state index contributed by atoms with van der Waals surface area (Å²) in [6.45, 7) is 6.25. The van der Waals surface area contributed by atoms with E-state index >= 15 is 0 Å². The average molecular weight is 164 g/mol. The van der Waals surface area contributed by atoms with Gasteiger partial charge in [-0.05, 0) is 13.8 Å². The third kappa shape index (κ3) is 2.83. The molecule has 0 atom stereocenters. The molecule has 0 unspecified atom stereocenters. The van der Waals surface area contributed by atoms with Crippen LogP contribution in [0.4, 0.5) is 0 Å². The van der Waals surface area contributed by atoms with E-state index in [4.69, 9.17) is 4.74 Å². The molecule has 0 radical (unpaired) electrons. The molecule has 0 bridgehead atoms. The van der Waals surface area contributed by atoms with E-state index in [9.17, 15) is 0 Å². The fraction of sp³-hybridized carbons (Fsp3) is 1.00. The number of ether oxygens (including phenoxy) is 1. The maximum Gasteiger partial charge on any atom is 0.0616 e. The Bertz CT molecular complexity index is 83.1. The molecule has 0 N–H and O–H groups in total. The lowest BCUT2D eigenvalue weighted by atomic mass is 10.2. The first-order valence-electron chi connectivity index (χ1n) is 3.09. The zero-order valence-electron chi connectivity index (χ0n) is 5.85. The molecule has 54 valence electrons. The van der Waals surface area contributed by atoms with Gasteiger partial charge in [0.25, 0.3) is 0 Å². The second-order valence-corrected chi connectivity index (χ2v) is 5.84. The van der Waals surface area contributed by atoms with E-state index in [1.54, 1.807) is 0 Å². The summed E-state index contributed by atoms with van der Waals surface area (Å²) in [6.07, 6.45) is 0. The summed E-state index contributed by atoms with van der Waals surface area (Å²) in [7, 11) is 3.85. The lowest BCUT2D eigenvalue weighted by molar-refractivity contribution is 0.136. The quantitative estimate of drug-likeness (QED) is 0.508. The molecule has 1 fully saturated rings. The largest absolute Gasteiger partial charge is 0.379 e. The van der Waals surface area contributed by atoms with Gasteiger partial charge < -0.3 is 4.74 Å². The number of hydrogen-bond acceptors (Lipinski definition) is 3. The molecule has 1 rings (SSSR count). The van der Waals surface area contributed by atoms with Crippen LogP contribution < -0.4 is 0 Å². The van der Waals surface area contributed by atoms with Crippen molar-refractivity contribution in [3.63, 3.8) is 0 Å². The van der Waals surface area contributed by atoms with Crippen LogP contribution in [0.2, 0.25) is 0 Å². The fourth-order valence-corrected chi connectivity index (χ4v) is 2.91. The van der Waals surface area contributed by atoms with Gasteiger partial charge in [-0.1, -0.05) is 21.6 Å². The molecule has 0 aromatic carbocycles. The van der Waals surface area contributed by atoms with Crippen molar-refractivity contribution in [1.82, 2.24) is 0 Å². The minimum absolute atomic E-state index is 0.321. The highest BCUT2D eigenvalue weighted by molar-refractivity contribution is 8.77. The minimum atomic E-state index is 0.321. The first-order valence-corrected chi connectivity index (χ1v) is 5.41. The van der Waals surface area contributed by atoms with Gasteiger partial charge in [-0.25, -0.2) is 0 Å². The Hall–Kier alpha value is 0.660. The standard InChI is InChI=1S/C6H12OS2/c1-6(2)5-7-3-4-8-9-6/h3-5H2,1-2H3. The zero-order valence-corrected chi connectivity index (χ0v) is 7.48. The number of rotatable bonds is 0. The lowest BCUT2D eigenvalue weighted by Gasteiger charge is -2.18. The van der Waals surface area contributed by atoms with Crippen molar-refractivity contribution in [2.45, 2.75) is 18.6 Å². The van der Waals surface area contributed by atoms with E-state index in [2.05, 4.69) is 13.8 Å². The average Bonchev–Trinajstić information content (AvgIpc) is 1.92. The Balaban J connectivity index is 2.36. The van der Waals surface area contributed by atoms with Crippen molar-refractivity contribution in [3.8, 4) is 0 Å².